The maximum Gasteiger partial charge on any atom is 0.263 e. The van der Waals surface area contributed by atoms with Gasteiger partial charge in [0.1, 0.15) is 4.88 Å². The molecule has 0 aliphatic heterocycles. The summed E-state index contributed by atoms with van der Waals surface area (Å²) in [6.45, 7) is 2.78. The molecule has 1 saturated carbocycles. The number of rotatable bonds is 4. The van der Waals surface area contributed by atoms with Crippen molar-refractivity contribution in [3.8, 4) is 0 Å². The predicted octanol–water partition coefficient (Wildman–Crippen LogP) is 3.42. The topological polar surface area (TPSA) is 55.1 Å². The highest BCUT2D eigenvalue weighted by molar-refractivity contribution is 8.00. The molecule has 1 amide bonds. The van der Waals surface area contributed by atoms with Crippen molar-refractivity contribution < 1.29 is 4.79 Å². The Bertz CT molecular complexity index is 674. The lowest BCUT2D eigenvalue weighted by Gasteiger charge is -2.12. The monoisotopic (exact) mass is 306 g/mol. The average Bonchev–Trinajstić information content (AvgIpc) is 3.15. The molecule has 20 heavy (non-hydrogen) atoms. The normalized spacial score (nSPS) is 16.3. The van der Waals surface area contributed by atoms with E-state index in [4.69, 9.17) is 5.73 Å². The molecule has 0 saturated heterocycles. The number of carbonyl (C=O) groups excluding carboxylic acids is 1. The minimum Gasteiger partial charge on any atom is -0.397 e. The van der Waals surface area contributed by atoms with E-state index in [2.05, 4.69) is 17.6 Å². The largest absolute Gasteiger partial charge is 0.397 e. The fourth-order valence-corrected chi connectivity index (χ4v) is 4.17. The van der Waals surface area contributed by atoms with Crippen molar-refractivity contribution in [2.24, 2.45) is 0 Å². The van der Waals surface area contributed by atoms with Crippen LogP contribution >= 0.6 is 23.1 Å². The molecule has 1 aromatic carbocycles. The van der Waals surface area contributed by atoms with Crippen LogP contribution in [0.4, 0.5) is 5.69 Å². The van der Waals surface area contributed by atoms with Gasteiger partial charge in [0.25, 0.3) is 5.91 Å². The molecule has 3 nitrogen and oxygen atoms in total. The van der Waals surface area contributed by atoms with E-state index in [1.165, 1.54) is 29.7 Å². The molecule has 0 unspecified atom stereocenters. The highest BCUT2D eigenvalue weighted by atomic mass is 32.2. The van der Waals surface area contributed by atoms with Crippen molar-refractivity contribution in [1.82, 2.24) is 5.32 Å². The zero-order chi connectivity index (χ0) is 14.3. The standard InChI is InChI=1S/C15H18N2OS2/c1-9-3-4-10-11(7-9)20-13(12(10)16)14(18)17-8-15(19-2)5-6-15/h3-4,7H,5-6,8,16H2,1-2H3,(H,17,18). The molecule has 0 radical (unpaired) electrons. The molecule has 3 N–H and O–H groups in total. The lowest BCUT2D eigenvalue weighted by Crippen LogP contribution is -2.31. The van der Waals surface area contributed by atoms with Gasteiger partial charge in [-0.1, -0.05) is 12.1 Å². The summed E-state index contributed by atoms with van der Waals surface area (Å²) in [5, 5.41) is 4.02. The Hall–Kier alpha value is -1.20. The number of carbonyl (C=O) groups is 1. The molecule has 0 spiro atoms. The van der Waals surface area contributed by atoms with Gasteiger partial charge >= 0.3 is 0 Å². The highest BCUT2D eigenvalue weighted by Crippen LogP contribution is 2.46. The molecule has 1 aromatic heterocycles. The molecule has 2 aromatic rings. The number of anilines is 1. The lowest BCUT2D eigenvalue weighted by molar-refractivity contribution is 0.0958. The zero-order valence-electron chi connectivity index (χ0n) is 11.7. The number of hydrogen-bond donors (Lipinski definition) is 2. The first-order valence-electron chi connectivity index (χ1n) is 6.67. The first-order chi connectivity index (χ1) is 9.54. The summed E-state index contributed by atoms with van der Waals surface area (Å²) in [6, 6.07) is 6.11. The molecular formula is C15H18N2OS2. The fourth-order valence-electron chi connectivity index (χ4n) is 2.31. The third-order valence-corrected chi connectivity index (χ3v) is 6.49. The molecule has 1 aliphatic carbocycles. The van der Waals surface area contributed by atoms with Gasteiger partial charge in [-0.25, -0.2) is 0 Å². The summed E-state index contributed by atoms with van der Waals surface area (Å²) in [5.41, 5.74) is 7.91. The van der Waals surface area contributed by atoms with Crippen LogP contribution in [0.1, 0.15) is 28.1 Å². The van der Waals surface area contributed by atoms with Crippen molar-refractivity contribution >= 4 is 44.8 Å². The second kappa shape index (κ2) is 4.97. The van der Waals surface area contributed by atoms with E-state index in [-0.39, 0.29) is 10.7 Å². The van der Waals surface area contributed by atoms with E-state index in [1.54, 1.807) is 0 Å². The minimum absolute atomic E-state index is 0.0401. The van der Waals surface area contributed by atoms with Gasteiger partial charge in [0.2, 0.25) is 0 Å². The number of nitrogens with two attached hydrogens (primary N) is 1. The number of fused-ring (bicyclic) bond motifs is 1. The van der Waals surface area contributed by atoms with Crippen LogP contribution in [-0.4, -0.2) is 23.5 Å². The van der Waals surface area contributed by atoms with Crippen molar-refractivity contribution in [2.75, 3.05) is 18.5 Å². The van der Waals surface area contributed by atoms with Crippen molar-refractivity contribution in [2.45, 2.75) is 24.5 Å². The summed E-state index contributed by atoms with van der Waals surface area (Å²) in [4.78, 5) is 13.0. The Balaban J connectivity index is 1.82. The number of aryl methyl sites for hydroxylation is 1. The van der Waals surface area contributed by atoms with Crippen LogP contribution in [0.15, 0.2) is 18.2 Å². The molecule has 1 heterocycles. The summed E-state index contributed by atoms with van der Waals surface area (Å²) in [7, 11) is 0. The smallest absolute Gasteiger partial charge is 0.263 e. The van der Waals surface area contributed by atoms with Crippen molar-refractivity contribution in [3.63, 3.8) is 0 Å². The van der Waals surface area contributed by atoms with E-state index in [9.17, 15) is 4.79 Å². The van der Waals surface area contributed by atoms with Gasteiger partial charge in [0.05, 0.1) is 5.69 Å². The molecule has 3 rings (SSSR count). The van der Waals surface area contributed by atoms with Gasteiger partial charge in [-0.05, 0) is 37.7 Å². The summed E-state index contributed by atoms with van der Waals surface area (Å²) < 4.78 is 1.36. The van der Waals surface area contributed by atoms with Crippen LogP contribution in [0.2, 0.25) is 0 Å². The van der Waals surface area contributed by atoms with E-state index in [0.29, 0.717) is 10.6 Å². The van der Waals surface area contributed by atoms with Crippen LogP contribution in [0.5, 0.6) is 0 Å². The molecule has 1 fully saturated rings. The Morgan fingerprint density at radius 3 is 2.90 bits per heavy atom. The quantitative estimate of drug-likeness (QED) is 0.910. The number of thioether (sulfide) groups is 1. The predicted molar refractivity (Wildman–Crippen MR) is 88.8 cm³/mol. The van der Waals surface area contributed by atoms with Gasteiger partial charge < -0.3 is 11.1 Å². The summed E-state index contributed by atoms with van der Waals surface area (Å²) in [6.07, 6.45) is 4.49. The Labute approximate surface area is 126 Å². The van der Waals surface area contributed by atoms with E-state index in [1.807, 2.05) is 30.8 Å². The maximum absolute atomic E-state index is 12.3. The summed E-state index contributed by atoms with van der Waals surface area (Å²) >= 11 is 3.32. The Morgan fingerprint density at radius 1 is 1.50 bits per heavy atom. The molecule has 1 aliphatic rings. The maximum atomic E-state index is 12.3. The average molecular weight is 306 g/mol. The summed E-state index contributed by atoms with van der Waals surface area (Å²) in [5.74, 6) is -0.0401. The lowest BCUT2D eigenvalue weighted by atomic mass is 10.1. The van der Waals surface area contributed by atoms with Gasteiger partial charge in [0.15, 0.2) is 0 Å². The van der Waals surface area contributed by atoms with Gasteiger partial charge in [-0.3, -0.25) is 4.79 Å². The molecule has 106 valence electrons. The van der Waals surface area contributed by atoms with Gasteiger partial charge in [0, 0.05) is 21.4 Å². The van der Waals surface area contributed by atoms with Crippen molar-refractivity contribution in [3.05, 3.63) is 28.6 Å². The Morgan fingerprint density at radius 2 is 2.25 bits per heavy atom. The van der Waals surface area contributed by atoms with Gasteiger partial charge in [-0.2, -0.15) is 11.8 Å². The molecule has 0 bridgehead atoms. The second-order valence-corrected chi connectivity index (χ2v) is 7.74. The number of thiophene rings is 1. The van der Waals surface area contributed by atoms with E-state index >= 15 is 0 Å². The highest BCUT2D eigenvalue weighted by Gasteiger charge is 2.42. The number of benzene rings is 1. The SMILES string of the molecule is CSC1(CNC(=O)c2sc3cc(C)ccc3c2N)CC1. The van der Waals surface area contributed by atoms with E-state index in [0.717, 1.165) is 16.6 Å². The number of nitrogen functional groups attached to an aromatic ring is 1. The fraction of sp³-hybridized carbons (Fsp3) is 0.400. The van der Waals surface area contributed by atoms with Crippen LogP contribution in [0.25, 0.3) is 10.1 Å². The van der Waals surface area contributed by atoms with Gasteiger partial charge in [-0.15, -0.1) is 11.3 Å². The van der Waals surface area contributed by atoms with Crippen LogP contribution in [0.3, 0.4) is 0 Å². The van der Waals surface area contributed by atoms with E-state index < -0.39 is 0 Å². The second-order valence-electron chi connectivity index (χ2n) is 5.41. The third-order valence-electron chi connectivity index (χ3n) is 3.90. The first-order valence-corrected chi connectivity index (χ1v) is 8.71. The van der Waals surface area contributed by atoms with Crippen LogP contribution in [0, 0.1) is 6.92 Å². The number of nitrogens with one attached hydrogen (secondary N) is 1. The number of amides is 1. The molecule has 0 atom stereocenters. The third kappa shape index (κ3) is 2.40. The Kier molecular flexibility index (Phi) is 3.42. The van der Waals surface area contributed by atoms with Crippen molar-refractivity contribution in [1.29, 1.82) is 0 Å². The van der Waals surface area contributed by atoms with Crippen LogP contribution < -0.4 is 11.1 Å². The first kappa shape index (κ1) is 13.8. The minimum atomic E-state index is -0.0401. The van der Waals surface area contributed by atoms with Crippen LogP contribution in [-0.2, 0) is 0 Å². The molecule has 5 heteroatoms. The molecular weight excluding hydrogens is 288 g/mol. The zero-order valence-corrected chi connectivity index (χ0v) is 13.3. The number of hydrogen-bond acceptors (Lipinski definition) is 4.